The van der Waals surface area contributed by atoms with E-state index in [2.05, 4.69) is 62.5 Å². The Bertz CT molecular complexity index is 1420. The van der Waals surface area contributed by atoms with Crippen molar-refractivity contribution in [2.45, 2.75) is 315 Å². The number of phosphoric acid groups is 1. The Balaban J connectivity index is 4.95. The summed E-state index contributed by atoms with van der Waals surface area (Å²) < 4.78 is 30.3. The first-order valence-electron chi connectivity index (χ1n) is 31.9. The van der Waals surface area contributed by atoms with E-state index in [1.807, 2.05) is 33.3 Å². The fourth-order valence-corrected chi connectivity index (χ4v) is 10.0. The van der Waals surface area contributed by atoms with Crippen molar-refractivity contribution in [3.05, 3.63) is 48.6 Å². The molecule has 0 saturated carbocycles. The van der Waals surface area contributed by atoms with Crippen molar-refractivity contribution < 1.29 is 37.3 Å². The van der Waals surface area contributed by atoms with Gasteiger partial charge in [-0.15, -0.1) is 0 Å². The van der Waals surface area contributed by atoms with Crippen LogP contribution in [0.1, 0.15) is 303 Å². The molecule has 0 spiro atoms. The van der Waals surface area contributed by atoms with Gasteiger partial charge in [-0.05, 0) is 70.3 Å². The summed E-state index contributed by atoms with van der Waals surface area (Å²) in [7, 11) is 1.19. The number of nitrogens with one attached hydrogen (secondary N) is 1. The molecule has 0 aromatic carbocycles. The molecule has 75 heavy (non-hydrogen) atoms. The molecule has 3 unspecified atom stereocenters. The highest BCUT2D eigenvalue weighted by Gasteiger charge is 2.27. The normalized spacial score (nSPS) is 14.0. The predicted molar refractivity (Wildman–Crippen MR) is 321 cm³/mol. The van der Waals surface area contributed by atoms with Gasteiger partial charge in [-0.1, -0.05) is 269 Å². The van der Waals surface area contributed by atoms with Crippen LogP contribution in [0.15, 0.2) is 48.6 Å². The van der Waals surface area contributed by atoms with E-state index < -0.39 is 20.0 Å². The minimum absolute atomic E-state index is 0.0205. The van der Waals surface area contributed by atoms with Crippen molar-refractivity contribution >= 4 is 19.7 Å². The largest absolute Gasteiger partial charge is 0.756 e. The first-order valence-corrected chi connectivity index (χ1v) is 33.4. The maximum Gasteiger partial charge on any atom is 0.306 e. The highest BCUT2D eigenvalue weighted by atomic mass is 31.2. The molecule has 0 aliphatic rings. The van der Waals surface area contributed by atoms with Gasteiger partial charge < -0.3 is 28.5 Å². The molecule has 1 amide bonds. The number of amides is 1. The highest BCUT2D eigenvalue weighted by Crippen LogP contribution is 2.38. The Hall–Kier alpha value is -2.03. The van der Waals surface area contributed by atoms with Crippen molar-refractivity contribution in [1.29, 1.82) is 0 Å². The van der Waals surface area contributed by atoms with Crippen molar-refractivity contribution in [2.75, 3.05) is 40.9 Å². The van der Waals surface area contributed by atoms with E-state index in [-0.39, 0.29) is 31.5 Å². The van der Waals surface area contributed by atoms with Gasteiger partial charge >= 0.3 is 5.97 Å². The number of carbonyl (C=O) groups excluding carboxylic acids is 2. The van der Waals surface area contributed by atoms with Gasteiger partial charge in [-0.25, -0.2) is 0 Å². The smallest absolute Gasteiger partial charge is 0.306 e. The number of carbonyl (C=O) groups is 2. The molecule has 440 valence electrons. The molecule has 0 rings (SSSR count). The van der Waals surface area contributed by atoms with Crippen LogP contribution in [0, 0.1) is 0 Å². The molecule has 1 N–H and O–H groups in total. The van der Waals surface area contributed by atoms with E-state index in [1.165, 1.54) is 199 Å². The number of allylic oxidation sites excluding steroid dienone is 7. The molecule has 10 heteroatoms. The van der Waals surface area contributed by atoms with Gasteiger partial charge in [0.05, 0.1) is 33.8 Å². The summed E-state index contributed by atoms with van der Waals surface area (Å²) in [6.45, 7) is 6.82. The second-order valence-electron chi connectivity index (χ2n) is 22.9. The monoisotopic (exact) mass is 1070 g/mol. The molecule has 9 nitrogen and oxygen atoms in total. The molecular formula is C65H123N2O7P. The first kappa shape index (κ1) is 73.0. The fraction of sp³-hybridized carbons (Fsp3) is 0.846. The van der Waals surface area contributed by atoms with Gasteiger partial charge in [0, 0.05) is 12.8 Å². The molecule has 0 fully saturated rings. The lowest BCUT2D eigenvalue weighted by Crippen LogP contribution is -2.47. The molecule has 0 aromatic rings. The molecule has 3 atom stereocenters. The van der Waals surface area contributed by atoms with E-state index in [4.69, 9.17) is 13.8 Å². The zero-order valence-corrected chi connectivity index (χ0v) is 51.2. The molecule has 0 heterocycles. The lowest BCUT2D eigenvalue weighted by Gasteiger charge is -2.30. The van der Waals surface area contributed by atoms with Gasteiger partial charge in [-0.3, -0.25) is 14.2 Å². The number of hydrogen-bond donors (Lipinski definition) is 1. The van der Waals surface area contributed by atoms with Crippen LogP contribution in [-0.4, -0.2) is 69.4 Å². The molecule has 0 bridgehead atoms. The SMILES string of the molecule is CCCCC/C=C\C/C=C\C/C=C\CCCCCCCCCCCCCCCCC(=O)OC(/C=C\CCCCCCCCCCC)C(COP(=O)([O-])OCC[N+](C)(C)C)NC(=O)CCCCCCCCCCCCC. The van der Waals surface area contributed by atoms with E-state index in [0.717, 1.165) is 70.6 Å². The second-order valence-corrected chi connectivity index (χ2v) is 24.3. The van der Waals surface area contributed by atoms with E-state index in [9.17, 15) is 19.0 Å². The maximum absolute atomic E-state index is 13.5. The molecule has 0 aliphatic carbocycles. The summed E-state index contributed by atoms with van der Waals surface area (Å²) in [6, 6.07) is -0.883. The summed E-state index contributed by atoms with van der Waals surface area (Å²) in [5.74, 6) is -0.533. The van der Waals surface area contributed by atoms with Gasteiger partial charge in [0.15, 0.2) is 0 Å². The molecular weight excluding hydrogens is 952 g/mol. The lowest BCUT2D eigenvalue weighted by atomic mass is 10.0. The molecule has 0 saturated heterocycles. The van der Waals surface area contributed by atoms with Crippen LogP contribution in [0.3, 0.4) is 0 Å². The number of hydrogen-bond acceptors (Lipinski definition) is 7. The van der Waals surface area contributed by atoms with Crippen LogP contribution in [0.2, 0.25) is 0 Å². The Morgan fingerprint density at radius 1 is 0.467 bits per heavy atom. The number of esters is 1. The summed E-state index contributed by atoms with van der Waals surface area (Å²) in [6.07, 6.45) is 68.0. The summed E-state index contributed by atoms with van der Waals surface area (Å²) in [4.78, 5) is 39.9. The van der Waals surface area contributed by atoms with Gasteiger partial charge in [0.2, 0.25) is 5.91 Å². The number of ether oxygens (including phenoxy) is 1. The van der Waals surface area contributed by atoms with Crippen LogP contribution in [0.5, 0.6) is 0 Å². The standard InChI is InChI=1S/C65H123N2O7P/c1-7-10-13-16-19-22-25-26-27-28-29-30-31-32-33-34-35-36-37-38-39-40-43-46-49-52-55-58-65(69)74-63(56-53-50-47-44-41-23-20-17-14-11-8-2)62(61-73-75(70,71)72-60-59-67(4,5)6)66-64(68)57-54-51-48-45-42-24-21-18-15-12-9-3/h19,22,26-27,29-30,53,56,62-63H,7-18,20-21,23-25,28,31-52,54-55,57-61H2,1-6H3,(H-,66,68,70,71)/b22-19-,27-26-,30-29-,56-53-. The van der Waals surface area contributed by atoms with Crippen LogP contribution < -0.4 is 10.2 Å². The average molecular weight is 1080 g/mol. The Labute approximate surface area is 465 Å². The summed E-state index contributed by atoms with van der Waals surface area (Å²) in [5, 5.41) is 3.02. The van der Waals surface area contributed by atoms with Crippen LogP contribution in [-0.2, 0) is 27.9 Å². The second kappa shape index (κ2) is 55.3. The molecule has 0 aliphatic heterocycles. The first-order chi connectivity index (χ1) is 36.4. The number of likely N-dealkylation sites (N-methyl/N-ethyl adjacent to an activating group) is 1. The quantitative estimate of drug-likeness (QED) is 0.0212. The number of rotatable bonds is 58. The predicted octanol–water partition coefficient (Wildman–Crippen LogP) is 19.0. The minimum Gasteiger partial charge on any atom is -0.756 e. The Kier molecular flexibility index (Phi) is 53.8. The maximum atomic E-state index is 13.5. The lowest BCUT2D eigenvalue weighted by molar-refractivity contribution is -0.870. The molecule has 0 aromatic heterocycles. The topological polar surface area (TPSA) is 114 Å². The van der Waals surface area contributed by atoms with Crippen molar-refractivity contribution in [2.24, 2.45) is 0 Å². The third kappa shape index (κ3) is 56.5. The van der Waals surface area contributed by atoms with Gasteiger partial charge in [0.25, 0.3) is 7.82 Å². The van der Waals surface area contributed by atoms with Crippen molar-refractivity contribution in [3.63, 3.8) is 0 Å². The zero-order valence-electron chi connectivity index (χ0n) is 50.3. The molecule has 0 radical (unpaired) electrons. The summed E-state index contributed by atoms with van der Waals surface area (Å²) in [5.41, 5.74) is 0. The number of phosphoric ester groups is 1. The third-order valence-corrected chi connectivity index (χ3v) is 15.2. The van der Waals surface area contributed by atoms with E-state index in [0.29, 0.717) is 17.4 Å². The van der Waals surface area contributed by atoms with Gasteiger partial charge in [0.1, 0.15) is 19.3 Å². The van der Waals surface area contributed by atoms with E-state index in [1.54, 1.807) is 0 Å². The number of quaternary nitrogens is 1. The number of nitrogens with zero attached hydrogens (tertiary/aromatic N) is 1. The minimum atomic E-state index is -4.69. The Morgan fingerprint density at radius 2 is 0.813 bits per heavy atom. The fourth-order valence-electron chi connectivity index (χ4n) is 9.29. The zero-order chi connectivity index (χ0) is 55.0. The van der Waals surface area contributed by atoms with Crippen LogP contribution in [0.25, 0.3) is 0 Å². The average Bonchev–Trinajstić information content (AvgIpc) is 3.37. The number of unbranched alkanes of at least 4 members (excludes halogenated alkanes) is 36. The summed E-state index contributed by atoms with van der Waals surface area (Å²) >= 11 is 0. The van der Waals surface area contributed by atoms with Crippen molar-refractivity contribution in [3.8, 4) is 0 Å². The third-order valence-electron chi connectivity index (χ3n) is 14.3. The Morgan fingerprint density at radius 3 is 1.24 bits per heavy atom. The van der Waals surface area contributed by atoms with Crippen LogP contribution >= 0.6 is 7.82 Å². The highest BCUT2D eigenvalue weighted by molar-refractivity contribution is 7.45. The van der Waals surface area contributed by atoms with Crippen molar-refractivity contribution in [1.82, 2.24) is 5.32 Å². The van der Waals surface area contributed by atoms with E-state index >= 15 is 0 Å². The van der Waals surface area contributed by atoms with Crippen LogP contribution in [0.4, 0.5) is 0 Å². The van der Waals surface area contributed by atoms with Gasteiger partial charge in [-0.2, -0.15) is 0 Å².